The fraction of sp³-hybridized carbons (Fsp3) is 0.333. The summed E-state index contributed by atoms with van der Waals surface area (Å²) in [5.41, 5.74) is 2.52. The van der Waals surface area contributed by atoms with E-state index in [0.29, 0.717) is 5.92 Å². The van der Waals surface area contributed by atoms with Crippen LogP contribution in [0.4, 0.5) is 0 Å². The minimum atomic E-state index is -0.0827. The van der Waals surface area contributed by atoms with E-state index in [2.05, 4.69) is 76.0 Å². The molecule has 19 heavy (non-hydrogen) atoms. The van der Waals surface area contributed by atoms with Crippen LogP contribution in [0.5, 0.6) is 0 Å². The van der Waals surface area contributed by atoms with Gasteiger partial charge < -0.3 is 0 Å². The summed E-state index contributed by atoms with van der Waals surface area (Å²) in [4.78, 5) is 1.15. The van der Waals surface area contributed by atoms with Crippen LogP contribution in [0, 0.1) is 5.92 Å². The summed E-state index contributed by atoms with van der Waals surface area (Å²) in [6, 6.07) is 10.7. The van der Waals surface area contributed by atoms with Gasteiger partial charge in [-0.3, -0.25) is 0 Å². The van der Waals surface area contributed by atoms with Gasteiger partial charge in [-0.1, -0.05) is 38.1 Å². The van der Waals surface area contributed by atoms with E-state index in [1.807, 2.05) is 0 Å². The molecule has 4 heteroatoms. The Balaban J connectivity index is 2.17. The molecular weight excluding hydrogens is 407 g/mol. The SMILES string of the molecule is CC(C)Cc1ccc(C(Cl)c2cc(Br)c(Br)s2)cc1. The normalized spacial score (nSPS) is 12.9. The third-order valence-electron chi connectivity index (χ3n) is 2.83. The van der Waals surface area contributed by atoms with Crippen LogP contribution in [0.25, 0.3) is 0 Å². The Morgan fingerprint density at radius 1 is 1.16 bits per heavy atom. The molecule has 0 aliphatic rings. The quantitative estimate of drug-likeness (QED) is 0.475. The van der Waals surface area contributed by atoms with Crippen molar-refractivity contribution < 1.29 is 0 Å². The average molecular weight is 423 g/mol. The number of hydrogen-bond donors (Lipinski definition) is 0. The highest BCUT2D eigenvalue weighted by molar-refractivity contribution is 9.13. The molecule has 0 aliphatic carbocycles. The van der Waals surface area contributed by atoms with Crippen LogP contribution in [-0.2, 0) is 6.42 Å². The van der Waals surface area contributed by atoms with Crippen LogP contribution in [0.2, 0.25) is 0 Å². The van der Waals surface area contributed by atoms with Gasteiger partial charge in [-0.2, -0.15) is 0 Å². The first-order valence-electron chi connectivity index (χ1n) is 6.15. The second kappa shape index (κ2) is 6.75. The van der Waals surface area contributed by atoms with E-state index in [1.165, 1.54) is 5.56 Å². The molecule has 0 saturated heterocycles. The number of alkyl halides is 1. The number of thiophene rings is 1. The Morgan fingerprint density at radius 2 is 1.79 bits per heavy atom. The highest BCUT2D eigenvalue weighted by Crippen LogP contribution is 2.40. The van der Waals surface area contributed by atoms with Crippen LogP contribution < -0.4 is 0 Å². The molecule has 2 rings (SSSR count). The molecule has 0 spiro atoms. The zero-order valence-electron chi connectivity index (χ0n) is 10.8. The maximum absolute atomic E-state index is 6.54. The molecule has 1 heterocycles. The highest BCUT2D eigenvalue weighted by atomic mass is 79.9. The van der Waals surface area contributed by atoms with Crippen molar-refractivity contribution in [3.8, 4) is 0 Å². The van der Waals surface area contributed by atoms with Gasteiger partial charge in [0.25, 0.3) is 0 Å². The van der Waals surface area contributed by atoms with Gasteiger partial charge in [-0.15, -0.1) is 22.9 Å². The van der Waals surface area contributed by atoms with Crippen LogP contribution in [0.3, 0.4) is 0 Å². The number of halogens is 3. The third kappa shape index (κ3) is 4.07. The van der Waals surface area contributed by atoms with Gasteiger partial charge in [-0.05, 0) is 61.4 Å². The molecule has 0 amide bonds. The summed E-state index contributed by atoms with van der Waals surface area (Å²) in [6.45, 7) is 4.47. The summed E-state index contributed by atoms with van der Waals surface area (Å²) in [5, 5.41) is -0.0827. The molecule has 2 aromatic rings. The molecule has 0 nitrogen and oxygen atoms in total. The van der Waals surface area contributed by atoms with E-state index in [4.69, 9.17) is 11.6 Å². The molecular formula is C15H15Br2ClS. The molecule has 1 aromatic heterocycles. The molecule has 0 bridgehead atoms. The average Bonchev–Trinajstić information content (AvgIpc) is 2.69. The summed E-state index contributed by atoms with van der Waals surface area (Å²) in [5.74, 6) is 0.682. The Morgan fingerprint density at radius 3 is 2.26 bits per heavy atom. The molecule has 1 unspecified atom stereocenters. The standard InChI is InChI=1S/C15H15Br2ClS/c1-9(2)7-10-3-5-11(6-4-10)14(18)13-8-12(16)15(17)19-13/h3-6,8-9,14H,7H2,1-2H3. The monoisotopic (exact) mass is 420 g/mol. The second-order valence-corrected chi connectivity index (χ2v) is 8.66. The van der Waals surface area contributed by atoms with Crippen LogP contribution in [-0.4, -0.2) is 0 Å². The van der Waals surface area contributed by atoms with Gasteiger partial charge in [0, 0.05) is 9.35 Å². The number of benzene rings is 1. The Labute approximate surface area is 140 Å². The van der Waals surface area contributed by atoms with Crippen molar-refractivity contribution in [1.29, 1.82) is 0 Å². The lowest BCUT2D eigenvalue weighted by molar-refractivity contribution is 0.647. The lowest BCUT2D eigenvalue weighted by Gasteiger charge is -2.10. The molecule has 1 atom stereocenters. The Kier molecular flexibility index (Phi) is 5.53. The van der Waals surface area contributed by atoms with Crippen molar-refractivity contribution in [3.05, 3.63) is 54.6 Å². The lowest BCUT2D eigenvalue weighted by atomic mass is 10.0. The maximum Gasteiger partial charge on any atom is 0.0928 e. The van der Waals surface area contributed by atoms with Gasteiger partial charge in [0.15, 0.2) is 0 Å². The molecule has 0 saturated carbocycles. The number of rotatable bonds is 4. The fourth-order valence-electron chi connectivity index (χ4n) is 1.95. The van der Waals surface area contributed by atoms with Gasteiger partial charge in [0.05, 0.1) is 9.16 Å². The van der Waals surface area contributed by atoms with E-state index in [-0.39, 0.29) is 5.38 Å². The van der Waals surface area contributed by atoms with E-state index < -0.39 is 0 Å². The Bertz CT molecular complexity index is 526. The van der Waals surface area contributed by atoms with Crippen LogP contribution >= 0.6 is 54.8 Å². The number of hydrogen-bond acceptors (Lipinski definition) is 1. The fourth-order valence-corrected chi connectivity index (χ4v) is 4.38. The predicted molar refractivity (Wildman–Crippen MR) is 92.4 cm³/mol. The second-order valence-electron chi connectivity index (χ2n) is 4.97. The minimum Gasteiger partial charge on any atom is -0.130 e. The summed E-state index contributed by atoms with van der Waals surface area (Å²) in [7, 11) is 0. The van der Waals surface area contributed by atoms with Crippen LogP contribution in [0.15, 0.2) is 38.6 Å². The first-order valence-corrected chi connectivity index (χ1v) is 8.99. The first kappa shape index (κ1) is 15.6. The first-order chi connectivity index (χ1) is 8.97. The van der Waals surface area contributed by atoms with E-state index in [9.17, 15) is 0 Å². The van der Waals surface area contributed by atoms with Crippen molar-refractivity contribution in [2.75, 3.05) is 0 Å². The predicted octanol–water partition coefficient (Wildman–Crippen LogP) is 6.80. The Hall–Kier alpha value is 0.170. The minimum absolute atomic E-state index is 0.0827. The van der Waals surface area contributed by atoms with E-state index in [0.717, 1.165) is 25.1 Å². The summed E-state index contributed by atoms with van der Waals surface area (Å²) < 4.78 is 2.15. The van der Waals surface area contributed by atoms with Gasteiger partial charge in [0.1, 0.15) is 0 Å². The smallest absolute Gasteiger partial charge is 0.0928 e. The molecule has 0 fully saturated rings. The van der Waals surface area contributed by atoms with Crippen LogP contribution in [0.1, 0.15) is 35.2 Å². The largest absolute Gasteiger partial charge is 0.130 e. The molecule has 0 N–H and O–H groups in total. The topological polar surface area (TPSA) is 0 Å². The third-order valence-corrected chi connectivity index (χ3v) is 6.77. The highest BCUT2D eigenvalue weighted by Gasteiger charge is 2.15. The zero-order chi connectivity index (χ0) is 14.0. The maximum atomic E-state index is 6.54. The molecule has 0 aliphatic heterocycles. The van der Waals surface area contributed by atoms with Crippen molar-refractivity contribution in [2.45, 2.75) is 25.6 Å². The lowest BCUT2D eigenvalue weighted by Crippen LogP contribution is -1.95. The summed E-state index contributed by atoms with van der Waals surface area (Å²) >= 11 is 15.2. The van der Waals surface area contributed by atoms with Crippen molar-refractivity contribution >= 4 is 54.8 Å². The molecule has 102 valence electrons. The molecule has 1 aromatic carbocycles. The molecule has 0 radical (unpaired) electrons. The van der Waals surface area contributed by atoms with E-state index in [1.54, 1.807) is 11.3 Å². The van der Waals surface area contributed by atoms with Crippen molar-refractivity contribution in [1.82, 2.24) is 0 Å². The van der Waals surface area contributed by atoms with E-state index >= 15 is 0 Å². The van der Waals surface area contributed by atoms with Gasteiger partial charge >= 0.3 is 0 Å². The summed E-state index contributed by atoms with van der Waals surface area (Å²) in [6.07, 6.45) is 1.11. The van der Waals surface area contributed by atoms with Crippen molar-refractivity contribution in [2.24, 2.45) is 5.92 Å². The van der Waals surface area contributed by atoms with Gasteiger partial charge in [-0.25, -0.2) is 0 Å². The van der Waals surface area contributed by atoms with Crippen molar-refractivity contribution in [3.63, 3.8) is 0 Å². The van der Waals surface area contributed by atoms with Gasteiger partial charge in [0.2, 0.25) is 0 Å². The zero-order valence-corrected chi connectivity index (χ0v) is 15.5.